The number of rotatable bonds is 6. The first-order valence-corrected chi connectivity index (χ1v) is 5.24. The maximum absolute atomic E-state index is 11.5. The van der Waals surface area contributed by atoms with Gasteiger partial charge in [0.25, 0.3) is 0 Å². The fraction of sp³-hybridized carbons (Fsp3) is 0.900. The largest absolute Gasteiger partial charge is 0.385 e. The topological polar surface area (TPSA) is 64.4 Å². The van der Waals surface area contributed by atoms with Gasteiger partial charge in [0.05, 0.1) is 6.04 Å². The van der Waals surface area contributed by atoms with Crippen LogP contribution >= 0.6 is 0 Å². The van der Waals surface area contributed by atoms with Crippen molar-refractivity contribution in [2.45, 2.75) is 38.3 Å². The minimum atomic E-state index is -0.423. The van der Waals surface area contributed by atoms with Gasteiger partial charge in [-0.3, -0.25) is 4.79 Å². The van der Waals surface area contributed by atoms with Crippen molar-refractivity contribution >= 4 is 5.91 Å². The molecule has 0 bridgehead atoms. The minimum Gasteiger partial charge on any atom is -0.385 e. The van der Waals surface area contributed by atoms with Gasteiger partial charge in [-0.25, -0.2) is 0 Å². The SMILES string of the molecule is CCC1CC1NC(=O)C(N)CCOC. The van der Waals surface area contributed by atoms with Gasteiger partial charge in [-0.2, -0.15) is 0 Å². The van der Waals surface area contributed by atoms with Crippen LogP contribution in [0.2, 0.25) is 0 Å². The third-order valence-electron chi connectivity index (χ3n) is 2.74. The lowest BCUT2D eigenvalue weighted by atomic mass is 10.2. The van der Waals surface area contributed by atoms with Crippen LogP contribution in [0.5, 0.6) is 0 Å². The third-order valence-corrected chi connectivity index (χ3v) is 2.74. The van der Waals surface area contributed by atoms with E-state index in [0.29, 0.717) is 25.0 Å². The summed E-state index contributed by atoms with van der Waals surface area (Å²) in [6, 6.07) is -0.0471. The third kappa shape index (κ3) is 3.27. The quantitative estimate of drug-likeness (QED) is 0.646. The van der Waals surface area contributed by atoms with Crippen molar-refractivity contribution in [3.05, 3.63) is 0 Å². The van der Waals surface area contributed by atoms with E-state index in [0.717, 1.165) is 12.8 Å². The Hall–Kier alpha value is -0.610. The zero-order chi connectivity index (χ0) is 10.6. The van der Waals surface area contributed by atoms with Crippen molar-refractivity contribution in [2.24, 2.45) is 11.7 Å². The fourth-order valence-electron chi connectivity index (χ4n) is 1.54. The van der Waals surface area contributed by atoms with Crippen LogP contribution in [0.3, 0.4) is 0 Å². The molecule has 3 atom stereocenters. The van der Waals surface area contributed by atoms with E-state index in [4.69, 9.17) is 10.5 Å². The number of amides is 1. The molecule has 4 nitrogen and oxygen atoms in total. The molecule has 0 aliphatic heterocycles. The van der Waals surface area contributed by atoms with Gasteiger partial charge in [-0.15, -0.1) is 0 Å². The number of carbonyl (C=O) groups is 1. The Balaban J connectivity index is 2.15. The number of carbonyl (C=O) groups excluding carboxylic acids is 1. The molecule has 1 saturated carbocycles. The molecule has 82 valence electrons. The monoisotopic (exact) mass is 200 g/mol. The summed E-state index contributed by atoms with van der Waals surface area (Å²) in [4.78, 5) is 11.5. The standard InChI is InChI=1S/C10H20N2O2/c1-3-7-6-9(7)12-10(13)8(11)4-5-14-2/h7-9H,3-6,11H2,1-2H3,(H,12,13). The van der Waals surface area contributed by atoms with Crippen LogP contribution in [0.1, 0.15) is 26.2 Å². The summed E-state index contributed by atoms with van der Waals surface area (Å²) in [5.41, 5.74) is 5.67. The molecule has 0 saturated heterocycles. The molecule has 0 aromatic carbocycles. The lowest BCUT2D eigenvalue weighted by Crippen LogP contribution is -2.42. The summed E-state index contributed by atoms with van der Waals surface area (Å²) in [5, 5.41) is 2.94. The molecule has 0 aromatic rings. The number of ether oxygens (including phenoxy) is 1. The molecule has 0 heterocycles. The summed E-state index contributed by atoms with van der Waals surface area (Å²) in [6.45, 7) is 2.68. The van der Waals surface area contributed by atoms with Gasteiger partial charge in [0.15, 0.2) is 0 Å². The Morgan fingerprint density at radius 3 is 2.93 bits per heavy atom. The summed E-state index contributed by atoms with van der Waals surface area (Å²) in [5.74, 6) is 0.636. The molecular weight excluding hydrogens is 180 g/mol. The highest BCUT2D eigenvalue weighted by molar-refractivity contribution is 5.82. The first-order chi connectivity index (χ1) is 6.69. The van der Waals surface area contributed by atoms with Gasteiger partial charge in [-0.05, 0) is 18.8 Å². The molecular formula is C10H20N2O2. The normalized spacial score (nSPS) is 27.1. The molecule has 3 unspecified atom stereocenters. The molecule has 0 aromatic heterocycles. The molecule has 1 fully saturated rings. The van der Waals surface area contributed by atoms with E-state index < -0.39 is 6.04 Å². The average molecular weight is 200 g/mol. The molecule has 0 spiro atoms. The first-order valence-electron chi connectivity index (χ1n) is 5.24. The molecule has 1 aliphatic rings. The van der Waals surface area contributed by atoms with Crippen molar-refractivity contribution in [2.75, 3.05) is 13.7 Å². The van der Waals surface area contributed by atoms with E-state index >= 15 is 0 Å². The van der Waals surface area contributed by atoms with Crippen molar-refractivity contribution < 1.29 is 9.53 Å². The van der Waals surface area contributed by atoms with Crippen molar-refractivity contribution in [3.8, 4) is 0 Å². The van der Waals surface area contributed by atoms with E-state index in [9.17, 15) is 4.79 Å². The average Bonchev–Trinajstić information content (AvgIpc) is 2.92. The van der Waals surface area contributed by atoms with Crippen LogP contribution in [0, 0.1) is 5.92 Å². The predicted octanol–water partition coefficient (Wildman–Crippen LogP) is 0.265. The number of nitrogens with two attached hydrogens (primary N) is 1. The van der Waals surface area contributed by atoms with Crippen molar-refractivity contribution in [3.63, 3.8) is 0 Å². The van der Waals surface area contributed by atoms with Crippen molar-refractivity contribution in [1.29, 1.82) is 0 Å². The Bertz CT molecular complexity index is 197. The molecule has 1 rings (SSSR count). The Labute approximate surface area is 85.2 Å². The van der Waals surface area contributed by atoms with Crippen LogP contribution in [-0.2, 0) is 9.53 Å². The molecule has 1 aliphatic carbocycles. The second-order valence-electron chi connectivity index (χ2n) is 3.91. The van der Waals surface area contributed by atoms with E-state index in [1.807, 2.05) is 0 Å². The Morgan fingerprint density at radius 1 is 1.71 bits per heavy atom. The van der Waals surface area contributed by atoms with Gasteiger partial charge >= 0.3 is 0 Å². The van der Waals surface area contributed by atoms with Crippen LogP contribution in [0.4, 0.5) is 0 Å². The first kappa shape index (κ1) is 11.5. The Kier molecular flexibility index (Phi) is 4.35. The summed E-state index contributed by atoms with van der Waals surface area (Å²) in [7, 11) is 1.61. The lowest BCUT2D eigenvalue weighted by Gasteiger charge is -2.11. The zero-order valence-corrected chi connectivity index (χ0v) is 8.95. The minimum absolute atomic E-state index is 0.0389. The van der Waals surface area contributed by atoms with E-state index in [-0.39, 0.29) is 5.91 Å². The van der Waals surface area contributed by atoms with Crippen LogP contribution in [-0.4, -0.2) is 31.7 Å². The number of nitrogens with one attached hydrogen (secondary N) is 1. The molecule has 3 N–H and O–H groups in total. The van der Waals surface area contributed by atoms with Crippen molar-refractivity contribution in [1.82, 2.24) is 5.32 Å². The van der Waals surface area contributed by atoms with Gasteiger partial charge in [0.1, 0.15) is 0 Å². The molecule has 14 heavy (non-hydrogen) atoms. The summed E-state index contributed by atoms with van der Waals surface area (Å²) >= 11 is 0. The van der Waals surface area contributed by atoms with Crippen LogP contribution in [0.15, 0.2) is 0 Å². The second-order valence-corrected chi connectivity index (χ2v) is 3.91. The van der Waals surface area contributed by atoms with E-state index in [1.165, 1.54) is 0 Å². The highest BCUT2D eigenvalue weighted by Gasteiger charge is 2.37. The lowest BCUT2D eigenvalue weighted by molar-refractivity contribution is -0.122. The maximum atomic E-state index is 11.5. The maximum Gasteiger partial charge on any atom is 0.237 e. The van der Waals surface area contributed by atoms with Crippen LogP contribution in [0.25, 0.3) is 0 Å². The number of methoxy groups -OCH3 is 1. The Morgan fingerprint density at radius 2 is 2.43 bits per heavy atom. The smallest absolute Gasteiger partial charge is 0.237 e. The molecule has 1 amide bonds. The summed E-state index contributed by atoms with van der Waals surface area (Å²) < 4.78 is 4.87. The highest BCUT2D eigenvalue weighted by atomic mass is 16.5. The second kappa shape index (κ2) is 5.32. The number of hydrogen-bond acceptors (Lipinski definition) is 3. The van der Waals surface area contributed by atoms with Gasteiger partial charge in [-0.1, -0.05) is 13.3 Å². The van der Waals surface area contributed by atoms with E-state index in [1.54, 1.807) is 7.11 Å². The van der Waals surface area contributed by atoms with Gasteiger partial charge in [0, 0.05) is 19.8 Å². The molecule has 0 radical (unpaired) electrons. The van der Waals surface area contributed by atoms with E-state index in [2.05, 4.69) is 12.2 Å². The van der Waals surface area contributed by atoms with Gasteiger partial charge in [0.2, 0.25) is 5.91 Å². The predicted molar refractivity (Wildman–Crippen MR) is 54.8 cm³/mol. The van der Waals surface area contributed by atoms with Crippen LogP contribution < -0.4 is 11.1 Å². The zero-order valence-electron chi connectivity index (χ0n) is 8.95. The summed E-state index contributed by atoms with van der Waals surface area (Å²) in [6.07, 6.45) is 2.84. The van der Waals surface area contributed by atoms with Gasteiger partial charge < -0.3 is 15.8 Å². The molecule has 4 heteroatoms. The number of hydrogen-bond donors (Lipinski definition) is 2. The highest BCUT2D eigenvalue weighted by Crippen LogP contribution is 2.32. The fourth-order valence-corrected chi connectivity index (χ4v) is 1.54.